The Kier molecular flexibility index (Phi) is 5.10. The van der Waals surface area contributed by atoms with E-state index >= 15 is 0 Å². The molecular formula is C16H30N2S. The fourth-order valence-corrected chi connectivity index (χ4v) is 5.54. The highest BCUT2D eigenvalue weighted by molar-refractivity contribution is 7.99. The molecule has 3 aliphatic rings. The van der Waals surface area contributed by atoms with Crippen molar-refractivity contribution in [3.63, 3.8) is 0 Å². The molecule has 0 bridgehead atoms. The van der Waals surface area contributed by atoms with E-state index in [4.69, 9.17) is 0 Å². The van der Waals surface area contributed by atoms with Crippen LogP contribution in [0.2, 0.25) is 0 Å². The highest BCUT2D eigenvalue weighted by Gasteiger charge is 2.37. The lowest BCUT2D eigenvalue weighted by Gasteiger charge is -2.36. The van der Waals surface area contributed by atoms with E-state index in [0.717, 1.165) is 29.3 Å². The molecule has 2 saturated carbocycles. The fraction of sp³-hybridized carbons (Fsp3) is 1.00. The monoisotopic (exact) mass is 282 g/mol. The summed E-state index contributed by atoms with van der Waals surface area (Å²) in [5.74, 6) is 0.909. The Morgan fingerprint density at radius 2 is 1.74 bits per heavy atom. The van der Waals surface area contributed by atoms with Gasteiger partial charge in [0.2, 0.25) is 0 Å². The van der Waals surface area contributed by atoms with Crippen LogP contribution in [-0.4, -0.2) is 36.2 Å². The van der Waals surface area contributed by atoms with Gasteiger partial charge in [0.25, 0.3) is 0 Å². The van der Waals surface area contributed by atoms with Gasteiger partial charge in [-0.25, -0.2) is 0 Å². The van der Waals surface area contributed by atoms with Crippen LogP contribution in [0, 0.1) is 5.92 Å². The van der Waals surface area contributed by atoms with Crippen molar-refractivity contribution < 1.29 is 0 Å². The number of hydrogen-bond acceptors (Lipinski definition) is 3. The molecule has 0 aromatic carbocycles. The van der Waals surface area contributed by atoms with Crippen LogP contribution in [-0.2, 0) is 0 Å². The summed E-state index contributed by atoms with van der Waals surface area (Å²) in [5.41, 5.74) is 0. The van der Waals surface area contributed by atoms with Crippen molar-refractivity contribution in [2.45, 2.75) is 81.2 Å². The van der Waals surface area contributed by atoms with Gasteiger partial charge in [0, 0.05) is 23.4 Å². The van der Waals surface area contributed by atoms with E-state index in [2.05, 4.69) is 28.7 Å². The first kappa shape index (κ1) is 14.2. The molecule has 3 fully saturated rings. The molecular weight excluding hydrogens is 252 g/mol. The fourth-order valence-electron chi connectivity index (χ4n) is 4.60. The lowest BCUT2D eigenvalue weighted by molar-refractivity contribution is 0.272. The molecule has 0 radical (unpaired) electrons. The Hall–Kier alpha value is 0.270. The van der Waals surface area contributed by atoms with Gasteiger partial charge in [0.05, 0.1) is 0 Å². The maximum atomic E-state index is 4.08. The topological polar surface area (TPSA) is 24.1 Å². The first-order valence-electron chi connectivity index (χ1n) is 8.40. The second kappa shape index (κ2) is 6.82. The third-order valence-corrected chi connectivity index (χ3v) is 6.79. The van der Waals surface area contributed by atoms with Crippen LogP contribution in [0.15, 0.2) is 0 Å². The Morgan fingerprint density at radius 1 is 0.895 bits per heavy atom. The minimum Gasteiger partial charge on any atom is -0.314 e. The molecule has 2 N–H and O–H groups in total. The quantitative estimate of drug-likeness (QED) is 0.828. The van der Waals surface area contributed by atoms with Gasteiger partial charge < -0.3 is 10.6 Å². The van der Waals surface area contributed by atoms with Crippen LogP contribution in [0.3, 0.4) is 0 Å². The predicted molar refractivity (Wildman–Crippen MR) is 84.8 cm³/mol. The zero-order chi connectivity index (χ0) is 13.1. The van der Waals surface area contributed by atoms with E-state index < -0.39 is 0 Å². The van der Waals surface area contributed by atoms with Crippen molar-refractivity contribution in [2.24, 2.45) is 5.92 Å². The second-order valence-corrected chi connectivity index (χ2v) is 7.81. The first-order valence-corrected chi connectivity index (χ1v) is 9.69. The number of nitrogens with one attached hydrogen (secondary N) is 2. The molecule has 1 aliphatic heterocycles. The third kappa shape index (κ3) is 3.30. The highest BCUT2D eigenvalue weighted by atomic mass is 32.2. The van der Waals surface area contributed by atoms with Gasteiger partial charge in [-0.1, -0.05) is 19.3 Å². The molecule has 2 nitrogen and oxygen atoms in total. The molecule has 0 spiro atoms. The highest BCUT2D eigenvalue weighted by Crippen LogP contribution is 2.34. The van der Waals surface area contributed by atoms with Crippen LogP contribution >= 0.6 is 11.8 Å². The number of hydrogen-bond donors (Lipinski definition) is 2. The van der Waals surface area contributed by atoms with Gasteiger partial charge in [-0.3, -0.25) is 0 Å². The second-order valence-electron chi connectivity index (χ2n) is 6.74. The molecule has 0 amide bonds. The molecule has 1 saturated heterocycles. The van der Waals surface area contributed by atoms with Gasteiger partial charge in [0.15, 0.2) is 0 Å². The summed E-state index contributed by atoms with van der Waals surface area (Å²) in [7, 11) is 0. The van der Waals surface area contributed by atoms with Crippen LogP contribution in [0.1, 0.15) is 57.8 Å². The molecule has 0 aromatic rings. The Balaban J connectivity index is 1.57. The van der Waals surface area contributed by atoms with Gasteiger partial charge in [-0.15, -0.1) is 0 Å². The van der Waals surface area contributed by atoms with Gasteiger partial charge in [0.1, 0.15) is 0 Å². The average Bonchev–Trinajstić information content (AvgIpc) is 3.09. The van der Waals surface area contributed by atoms with Gasteiger partial charge >= 0.3 is 0 Å². The lowest BCUT2D eigenvalue weighted by Crippen LogP contribution is -2.50. The summed E-state index contributed by atoms with van der Waals surface area (Å²) in [6, 6.07) is 2.40. The molecule has 5 unspecified atom stereocenters. The van der Waals surface area contributed by atoms with Crippen molar-refractivity contribution in [1.29, 1.82) is 0 Å². The van der Waals surface area contributed by atoms with Crippen LogP contribution in [0.25, 0.3) is 0 Å². The van der Waals surface area contributed by atoms with Crippen molar-refractivity contribution in [2.75, 3.05) is 12.8 Å². The normalized spacial score (nSPS) is 43.7. The van der Waals surface area contributed by atoms with Crippen LogP contribution < -0.4 is 10.6 Å². The zero-order valence-corrected chi connectivity index (χ0v) is 13.2. The Bertz CT molecular complexity index is 278. The van der Waals surface area contributed by atoms with E-state index in [9.17, 15) is 0 Å². The third-order valence-electron chi connectivity index (χ3n) is 5.62. The van der Waals surface area contributed by atoms with E-state index in [1.807, 2.05) is 0 Å². The molecule has 3 rings (SSSR count). The van der Waals surface area contributed by atoms with Crippen molar-refractivity contribution in [3.05, 3.63) is 0 Å². The average molecular weight is 282 g/mol. The summed E-state index contributed by atoms with van der Waals surface area (Å²) in [5, 5.41) is 8.70. The summed E-state index contributed by atoms with van der Waals surface area (Å²) >= 11 is 2.09. The van der Waals surface area contributed by atoms with E-state index in [1.165, 1.54) is 64.3 Å². The van der Waals surface area contributed by atoms with Gasteiger partial charge in [-0.2, -0.15) is 11.8 Å². The molecule has 110 valence electrons. The smallest absolute Gasteiger partial charge is 0.0198 e. The van der Waals surface area contributed by atoms with E-state index in [1.54, 1.807) is 0 Å². The largest absolute Gasteiger partial charge is 0.314 e. The Morgan fingerprint density at radius 3 is 2.53 bits per heavy atom. The lowest BCUT2D eigenvalue weighted by atomic mass is 9.89. The first-order chi connectivity index (χ1) is 9.38. The predicted octanol–water partition coefficient (Wildman–Crippen LogP) is 3.17. The maximum Gasteiger partial charge on any atom is 0.0198 e. The molecule has 3 heteroatoms. The van der Waals surface area contributed by atoms with Crippen molar-refractivity contribution in [3.8, 4) is 0 Å². The summed E-state index contributed by atoms with van der Waals surface area (Å²) in [6.07, 6.45) is 15.1. The van der Waals surface area contributed by atoms with Crippen LogP contribution in [0.4, 0.5) is 0 Å². The maximum absolute atomic E-state index is 4.08. The molecule has 2 aliphatic carbocycles. The Labute approximate surface area is 122 Å². The minimum absolute atomic E-state index is 0.788. The molecule has 5 atom stereocenters. The zero-order valence-electron chi connectivity index (χ0n) is 12.4. The molecule has 0 aromatic heterocycles. The van der Waals surface area contributed by atoms with Gasteiger partial charge in [-0.05, 0) is 57.2 Å². The van der Waals surface area contributed by atoms with Crippen LogP contribution in [0.5, 0.6) is 0 Å². The number of thioether (sulfide) groups is 1. The number of rotatable bonds is 4. The summed E-state index contributed by atoms with van der Waals surface area (Å²) < 4.78 is 0. The standard InChI is InChI=1S/C16H30N2S/c1-19-16-10-3-2-7-15(16)18-14-8-4-6-12(14)13-9-5-11-17-13/h12-18H,2-11H2,1H3. The van der Waals surface area contributed by atoms with Crippen molar-refractivity contribution in [1.82, 2.24) is 10.6 Å². The summed E-state index contributed by atoms with van der Waals surface area (Å²) in [6.45, 7) is 1.25. The summed E-state index contributed by atoms with van der Waals surface area (Å²) in [4.78, 5) is 0. The van der Waals surface area contributed by atoms with E-state index in [-0.39, 0.29) is 0 Å². The van der Waals surface area contributed by atoms with Crippen molar-refractivity contribution >= 4 is 11.8 Å². The molecule has 19 heavy (non-hydrogen) atoms. The molecule has 1 heterocycles. The minimum atomic E-state index is 0.788. The SMILES string of the molecule is CSC1CCCCC1NC1CCCC1C1CCCN1. The van der Waals surface area contributed by atoms with E-state index in [0.29, 0.717) is 0 Å².